The summed E-state index contributed by atoms with van der Waals surface area (Å²) >= 11 is 0. The zero-order chi connectivity index (χ0) is 14.7. The highest BCUT2D eigenvalue weighted by atomic mass is 15.2. The van der Waals surface area contributed by atoms with Gasteiger partial charge >= 0.3 is 0 Å². The Bertz CT molecular complexity index is 562. The summed E-state index contributed by atoms with van der Waals surface area (Å²) in [5.41, 5.74) is 4.15. The fraction of sp³-hybridized carbons (Fsp3) is 0.368. The SMILES string of the molecule is CCN(CC)c1ccc(/C=C2\CCN3C=CC=CC23)cc1. The number of anilines is 1. The van der Waals surface area contributed by atoms with Crippen LogP contribution < -0.4 is 4.90 Å². The smallest absolute Gasteiger partial charge is 0.0688 e. The second-order valence-corrected chi connectivity index (χ2v) is 5.64. The molecule has 1 unspecified atom stereocenters. The van der Waals surface area contributed by atoms with Crippen LogP contribution >= 0.6 is 0 Å². The van der Waals surface area contributed by atoms with Crippen LogP contribution in [0.3, 0.4) is 0 Å². The van der Waals surface area contributed by atoms with Gasteiger partial charge in [0.05, 0.1) is 6.04 Å². The highest BCUT2D eigenvalue weighted by Crippen LogP contribution is 2.29. The van der Waals surface area contributed by atoms with Gasteiger partial charge in [-0.05, 0) is 55.8 Å². The second kappa shape index (κ2) is 6.21. The first-order valence-electron chi connectivity index (χ1n) is 7.98. The molecule has 0 aliphatic carbocycles. The van der Waals surface area contributed by atoms with Crippen molar-refractivity contribution >= 4 is 11.8 Å². The zero-order valence-electron chi connectivity index (χ0n) is 13.0. The van der Waals surface area contributed by atoms with E-state index in [0.29, 0.717) is 6.04 Å². The van der Waals surface area contributed by atoms with Gasteiger partial charge in [-0.15, -0.1) is 0 Å². The van der Waals surface area contributed by atoms with E-state index in [0.717, 1.165) is 26.1 Å². The molecule has 0 radical (unpaired) electrons. The largest absolute Gasteiger partial charge is 0.372 e. The fourth-order valence-corrected chi connectivity index (χ4v) is 3.23. The van der Waals surface area contributed by atoms with E-state index in [9.17, 15) is 0 Å². The number of rotatable bonds is 4. The minimum absolute atomic E-state index is 0.470. The first-order chi connectivity index (χ1) is 10.3. The zero-order valence-corrected chi connectivity index (χ0v) is 13.0. The summed E-state index contributed by atoms with van der Waals surface area (Å²) in [7, 11) is 0. The second-order valence-electron chi connectivity index (χ2n) is 5.64. The molecule has 2 aliphatic heterocycles. The van der Waals surface area contributed by atoms with E-state index in [-0.39, 0.29) is 0 Å². The van der Waals surface area contributed by atoms with Gasteiger partial charge in [0.1, 0.15) is 0 Å². The molecule has 2 heteroatoms. The molecule has 0 saturated carbocycles. The van der Waals surface area contributed by atoms with Gasteiger partial charge < -0.3 is 9.80 Å². The fourth-order valence-electron chi connectivity index (χ4n) is 3.23. The molecular formula is C19H24N2. The Balaban J connectivity index is 1.77. The Morgan fingerprint density at radius 3 is 2.62 bits per heavy atom. The van der Waals surface area contributed by atoms with Crippen LogP contribution in [0.1, 0.15) is 25.8 Å². The molecule has 0 bridgehead atoms. The van der Waals surface area contributed by atoms with Crippen LogP contribution in [0, 0.1) is 0 Å². The lowest BCUT2D eigenvalue weighted by Gasteiger charge is -2.23. The van der Waals surface area contributed by atoms with Crippen molar-refractivity contribution in [2.45, 2.75) is 26.3 Å². The topological polar surface area (TPSA) is 6.48 Å². The third kappa shape index (κ3) is 2.90. The van der Waals surface area contributed by atoms with E-state index in [1.165, 1.54) is 16.8 Å². The average Bonchev–Trinajstić information content (AvgIpc) is 2.93. The van der Waals surface area contributed by atoms with Gasteiger partial charge in [-0.2, -0.15) is 0 Å². The lowest BCUT2D eigenvalue weighted by atomic mass is 10.0. The van der Waals surface area contributed by atoms with Gasteiger partial charge in [-0.25, -0.2) is 0 Å². The normalized spacial score (nSPS) is 21.9. The first-order valence-corrected chi connectivity index (χ1v) is 7.98. The summed E-state index contributed by atoms with van der Waals surface area (Å²) in [5.74, 6) is 0. The van der Waals surface area contributed by atoms with E-state index in [2.05, 4.69) is 78.4 Å². The quantitative estimate of drug-likeness (QED) is 0.820. The summed E-state index contributed by atoms with van der Waals surface area (Å²) in [6.07, 6.45) is 12.3. The minimum Gasteiger partial charge on any atom is -0.372 e. The summed E-state index contributed by atoms with van der Waals surface area (Å²) in [5, 5.41) is 0. The van der Waals surface area contributed by atoms with Gasteiger partial charge in [0.25, 0.3) is 0 Å². The Morgan fingerprint density at radius 1 is 1.14 bits per heavy atom. The molecule has 0 N–H and O–H groups in total. The van der Waals surface area contributed by atoms with Crippen LogP contribution in [0.15, 0.2) is 54.3 Å². The van der Waals surface area contributed by atoms with Gasteiger partial charge in [-0.3, -0.25) is 0 Å². The Hall–Kier alpha value is -1.96. The molecule has 1 aromatic rings. The van der Waals surface area contributed by atoms with Crippen LogP contribution in [0.25, 0.3) is 6.08 Å². The van der Waals surface area contributed by atoms with E-state index in [4.69, 9.17) is 0 Å². The molecule has 3 rings (SSSR count). The van der Waals surface area contributed by atoms with Crippen molar-refractivity contribution in [2.24, 2.45) is 0 Å². The maximum Gasteiger partial charge on any atom is 0.0688 e. The van der Waals surface area contributed by atoms with Crippen molar-refractivity contribution in [1.29, 1.82) is 0 Å². The number of hydrogen-bond donors (Lipinski definition) is 0. The van der Waals surface area contributed by atoms with E-state index in [1.807, 2.05) is 0 Å². The molecule has 21 heavy (non-hydrogen) atoms. The first kappa shape index (κ1) is 14.0. The lowest BCUT2D eigenvalue weighted by molar-refractivity contribution is 0.413. The summed E-state index contributed by atoms with van der Waals surface area (Å²) in [6, 6.07) is 9.43. The number of fused-ring (bicyclic) bond motifs is 1. The van der Waals surface area contributed by atoms with Crippen molar-refractivity contribution in [2.75, 3.05) is 24.5 Å². The van der Waals surface area contributed by atoms with E-state index < -0.39 is 0 Å². The molecule has 0 spiro atoms. The summed E-state index contributed by atoms with van der Waals surface area (Å²) < 4.78 is 0. The van der Waals surface area contributed by atoms with E-state index >= 15 is 0 Å². The number of allylic oxidation sites excluding steroid dienone is 2. The lowest BCUT2D eigenvalue weighted by Crippen LogP contribution is -2.24. The minimum atomic E-state index is 0.470. The molecule has 1 aromatic carbocycles. The van der Waals surface area contributed by atoms with Crippen molar-refractivity contribution < 1.29 is 0 Å². The van der Waals surface area contributed by atoms with Crippen LogP contribution in [0.4, 0.5) is 5.69 Å². The van der Waals surface area contributed by atoms with Crippen LogP contribution in [-0.2, 0) is 0 Å². The summed E-state index contributed by atoms with van der Waals surface area (Å²) in [4.78, 5) is 4.79. The molecule has 2 aliphatic rings. The van der Waals surface area contributed by atoms with Crippen molar-refractivity contribution in [1.82, 2.24) is 4.90 Å². The predicted molar refractivity (Wildman–Crippen MR) is 91.4 cm³/mol. The van der Waals surface area contributed by atoms with Crippen LogP contribution in [-0.4, -0.2) is 30.6 Å². The molecule has 0 amide bonds. The van der Waals surface area contributed by atoms with Gasteiger partial charge in [-0.1, -0.05) is 30.4 Å². The van der Waals surface area contributed by atoms with Crippen molar-refractivity contribution in [3.05, 3.63) is 59.8 Å². The molecule has 0 aromatic heterocycles. The maximum absolute atomic E-state index is 2.41. The van der Waals surface area contributed by atoms with Crippen LogP contribution in [0.2, 0.25) is 0 Å². The Labute approximate surface area is 128 Å². The molecule has 1 atom stereocenters. The molecule has 1 fully saturated rings. The third-order valence-electron chi connectivity index (χ3n) is 4.45. The molecule has 1 saturated heterocycles. The van der Waals surface area contributed by atoms with Crippen molar-refractivity contribution in [3.8, 4) is 0 Å². The average molecular weight is 280 g/mol. The molecule has 2 nitrogen and oxygen atoms in total. The van der Waals surface area contributed by atoms with Gasteiger partial charge in [0.15, 0.2) is 0 Å². The van der Waals surface area contributed by atoms with E-state index in [1.54, 1.807) is 0 Å². The molecule has 2 heterocycles. The number of nitrogens with zero attached hydrogens (tertiary/aromatic N) is 2. The maximum atomic E-state index is 2.41. The van der Waals surface area contributed by atoms with Gasteiger partial charge in [0, 0.05) is 25.3 Å². The summed E-state index contributed by atoms with van der Waals surface area (Å²) in [6.45, 7) is 7.66. The highest BCUT2D eigenvalue weighted by molar-refractivity contribution is 5.60. The predicted octanol–water partition coefficient (Wildman–Crippen LogP) is 4.07. The molecule has 110 valence electrons. The van der Waals surface area contributed by atoms with Crippen molar-refractivity contribution in [3.63, 3.8) is 0 Å². The monoisotopic (exact) mass is 280 g/mol. The van der Waals surface area contributed by atoms with Crippen LogP contribution in [0.5, 0.6) is 0 Å². The van der Waals surface area contributed by atoms with Gasteiger partial charge in [0.2, 0.25) is 0 Å². The molecular weight excluding hydrogens is 256 g/mol. The number of benzene rings is 1. The standard InChI is InChI=1S/C19H24N2/c1-3-20(4-2)18-10-8-16(9-11-18)15-17-12-14-21-13-6-5-7-19(17)21/h5-11,13,15,19H,3-4,12,14H2,1-2H3/b17-15+. The third-order valence-corrected chi connectivity index (χ3v) is 4.45. The number of hydrogen-bond acceptors (Lipinski definition) is 2. The Morgan fingerprint density at radius 2 is 1.90 bits per heavy atom. The highest BCUT2D eigenvalue weighted by Gasteiger charge is 2.25. The Kier molecular flexibility index (Phi) is 4.14.